The highest BCUT2D eigenvalue weighted by Gasteiger charge is 2.08. The highest BCUT2D eigenvalue weighted by Crippen LogP contribution is 2.21. The number of carbonyl (C=O) groups excluding carboxylic acids is 1. The van der Waals surface area contributed by atoms with Crippen LogP contribution >= 0.6 is 11.6 Å². The third kappa shape index (κ3) is 5.75. The van der Waals surface area contributed by atoms with E-state index in [0.29, 0.717) is 16.3 Å². The van der Waals surface area contributed by atoms with Gasteiger partial charge < -0.3 is 15.3 Å². The lowest BCUT2D eigenvalue weighted by Crippen LogP contribution is -2.19. The van der Waals surface area contributed by atoms with Gasteiger partial charge in [-0.25, -0.2) is 4.79 Å². The first-order chi connectivity index (χ1) is 12.3. The van der Waals surface area contributed by atoms with E-state index in [0.717, 1.165) is 5.56 Å². The van der Waals surface area contributed by atoms with Crippen molar-refractivity contribution in [2.75, 3.05) is 6.61 Å². The highest BCUT2D eigenvalue weighted by molar-refractivity contribution is 6.30. The topological polar surface area (TPSA) is 117 Å². The number of hydrogen-bond donors (Lipinski definition) is 1. The monoisotopic (exact) mass is 377 g/mol. The van der Waals surface area contributed by atoms with Crippen molar-refractivity contribution in [3.8, 4) is 5.75 Å². The molecule has 0 aliphatic carbocycles. The second-order valence-corrected chi connectivity index (χ2v) is 5.78. The Hall–Kier alpha value is -3.13. The number of carbonyl (C=O) groups is 1. The van der Waals surface area contributed by atoms with Crippen molar-refractivity contribution in [3.63, 3.8) is 0 Å². The Morgan fingerprint density at radius 2 is 1.96 bits per heavy atom. The zero-order chi connectivity index (χ0) is 19.1. The number of amidine groups is 1. The van der Waals surface area contributed by atoms with E-state index in [1.807, 2.05) is 0 Å². The number of non-ortho nitro benzene ring substituents is 1. The van der Waals surface area contributed by atoms with Gasteiger partial charge in [-0.2, -0.15) is 0 Å². The number of aryl methyl sites for hydroxylation is 1. The Balaban J connectivity index is 1.83. The van der Waals surface area contributed by atoms with E-state index < -0.39 is 10.9 Å². The highest BCUT2D eigenvalue weighted by atomic mass is 35.5. The van der Waals surface area contributed by atoms with E-state index in [2.05, 4.69) is 9.99 Å². The van der Waals surface area contributed by atoms with Crippen LogP contribution in [0.4, 0.5) is 5.69 Å². The number of nitro benzene ring substituents is 1. The summed E-state index contributed by atoms with van der Waals surface area (Å²) in [6.45, 7) is 1.46. The average Bonchev–Trinajstić information content (AvgIpc) is 2.59. The number of nitrogens with two attached hydrogens (primary N) is 1. The minimum Gasteiger partial charge on any atom is -0.482 e. The third-order valence-electron chi connectivity index (χ3n) is 3.28. The summed E-state index contributed by atoms with van der Waals surface area (Å²) >= 11 is 5.84. The van der Waals surface area contributed by atoms with E-state index in [9.17, 15) is 14.9 Å². The SMILES string of the molecule is Cc1cc(Cl)ccc1OCC(=O)O/N=C(\N)Cc1ccc([N+](=O)[O-])cc1. The lowest BCUT2D eigenvalue weighted by atomic mass is 10.1. The van der Waals surface area contributed by atoms with E-state index in [4.69, 9.17) is 22.1 Å². The number of oxime groups is 1. The maximum Gasteiger partial charge on any atom is 0.372 e. The molecule has 0 bridgehead atoms. The molecule has 9 heteroatoms. The van der Waals surface area contributed by atoms with E-state index in [-0.39, 0.29) is 24.6 Å². The van der Waals surface area contributed by atoms with Crippen LogP contribution in [0.2, 0.25) is 5.02 Å². The van der Waals surface area contributed by atoms with Crippen molar-refractivity contribution in [2.24, 2.45) is 10.9 Å². The molecular weight excluding hydrogens is 362 g/mol. The zero-order valence-corrected chi connectivity index (χ0v) is 14.6. The number of nitrogens with zero attached hydrogens (tertiary/aromatic N) is 2. The molecule has 136 valence electrons. The number of ether oxygens (including phenoxy) is 1. The molecule has 8 nitrogen and oxygen atoms in total. The molecule has 0 spiro atoms. The number of hydrogen-bond acceptors (Lipinski definition) is 6. The quantitative estimate of drug-likeness (QED) is 0.260. The van der Waals surface area contributed by atoms with Crippen LogP contribution in [0, 0.1) is 17.0 Å². The molecule has 2 rings (SSSR count). The maximum atomic E-state index is 11.7. The van der Waals surface area contributed by atoms with Gasteiger partial charge in [-0.05, 0) is 36.2 Å². The molecular formula is C17H16ClN3O5. The van der Waals surface area contributed by atoms with Crippen LogP contribution in [-0.4, -0.2) is 23.3 Å². The number of benzene rings is 2. The second-order valence-electron chi connectivity index (χ2n) is 5.34. The van der Waals surface area contributed by atoms with Gasteiger partial charge >= 0.3 is 5.97 Å². The standard InChI is InChI=1S/C17H16ClN3O5/c1-11-8-13(18)4-7-15(11)25-10-17(22)26-20-16(19)9-12-2-5-14(6-3-12)21(23)24/h2-8H,9-10H2,1H3,(H2,19,20). The van der Waals surface area contributed by atoms with Crippen molar-refractivity contribution in [3.05, 3.63) is 68.7 Å². The van der Waals surface area contributed by atoms with Crippen molar-refractivity contribution < 1.29 is 19.3 Å². The molecule has 0 saturated heterocycles. The molecule has 0 fully saturated rings. The van der Waals surface area contributed by atoms with Gasteiger partial charge in [0.1, 0.15) is 11.6 Å². The minimum atomic E-state index is -0.717. The van der Waals surface area contributed by atoms with Crippen LogP contribution in [0.25, 0.3) is 0 Å². The van der Waals surface area contributed by atoms with Crippen molar-refractivity contribution in [2.45, 2.75) is 13.3 Å². The second kappa shape index (κ2) is 8.82. The Kier molecular flexibility index (Phi) is 6.51. The zero-order valence-electron chi connectivity index (χ0n) is 13.8. The Bertz CT molecular complexity index is 837. The first-order valence-corrected chi connectivity index (χ1v) is 7.87. The number of halogens is 1. The first kappa shape index (κ1) is 19.2. The lowest BCUT2D eigenvalue weighted by Gasteiger charge is -2.07. The summed E-state index contributed by atoms with van der Waals surface area (Å²) < 4.78 is 5.33. The largest absolute Gasteiger partial charge is 0.482 e. The molecule has 0 radical (unpaired) electrons. The summed E-state index contributed by atoms with van der Waals surface area (Å²) in [5.74, 6) is -0.157. The molecule has 0 atom stereocenters. The number of nitro groups is 1. The molecule has 0 aliphatic heterocycles. The van der Waals surface area contributed by atoms with Gasteiger partial charge in [0.2, 0.25) is 0 Å². The van der Waals surface area contributed by atoms with Crippen LogP contribution < -0.4 is 10.5 Å². The number of rotatable bonds is 7. The van der Waals surface area contributed by atoms with Crippen molar-refractivity contribution in [1.82, 2.24) is 0 Å². The van der Waals surface area contributed by atoms with E-state index in [1.54, 1.807) is 37.3 Å². The lowest BCUT2D eigenvalue weighted by molar-refractivity contribution is -0.384. The molecule has 0 saturated carbocycles. The van der Waals surface area contributed by atoms with Gasteiger partial charge in [0.25, 0.3) is 5.69 Å². The van der Waals surface area contributed by atoms with Gasteiger partial charge in [-0.3, -0.25) is 10.1 Å². The fraction of sp³-hybridized carbons (Fsp3) is 0.176. The summed E-state index contributed by atoms with van der Waals surface area (Å²) in [6, 6.07) is 10.8. The van der Waals surface area contributed by atoms with Gasteiger partial charge in [0, 0.05) is 23.6 Å². The summed E-state index contributed by atoms with van der Waals surface area (Å²) in [5.41, 5.74) is 7.14. The van der Waals surface area contributed by atoms with Crippen LogP contribution in [0.15, 0.2) is 47.6 Å². The van der Waals surface area contributed by atoms with Gasteiger partial charge in [-0.15, -0.1) is 0 Å². The summed E-state index contributed by atoms with van der Waals surface area (Å²) in [4.78, 5) is 26.4. The minimum absolute atomic E-state index is 0.0228. The fourth-order valence-electron chi connectivity index (χ4n) is 2.02. The van der Waals surface area contributed by atoms with Crippen LogP contribution in [-0.2, 0) is 16.1 Å². The molecule has 0 aromatic heterocycles. The maximum absolute atomic E-state index is 11.7. The molecule has 2 N–H and O–H groups in total. The molecule has 0 aliphatic rings. The summed E-state index contributed by atoms with van der Waals surface area (Å²) in [7, 11) is 0. The van der Waals surface area contributed by atoms with E-state index >= 15 is 0 Å². The molecule has 26 heavy (non-hydrogen) atoms. The Labute approximate surface area is 154 Å². The fourth-order valence-corrected chi connectivity index (χ4v) is 2.25. The first-order valence-electron chi connectivity index (χ1n) is 7.49. The van der Waals surface area contributed by atoms with Crippen LogP contribution in [0.3, 0.4) is 0 Å². The predicted molar refractivity (Wildman–Crippen MR) is 96.2 cm³/mol. The third-order valence-corrected chi connectivity index (χ3v) is 3.51. The smallest absolute Gasteiger partial charge is 0.372 e. The van der Waals surface area contributed by atoms with Crippen molar-refractivity contribution in [1.29, 1.82) is 0 Å². The van der Waals surface area contributed by atoms with Gasteiger partial charge in [0.15, 0.2) is 6.61 Å². The Morgan fingerprint density at radius 1 is 1.27 bits per heavy atom. The normalized spacial score (nSPS) is 11.1. The summed E-state index contributed by atoms with van der Waals surface area (Å²) in [6.07, 6.45) is 0.183. The molecule has 0 heterocycles. The Morgan fingerprint density at radius 3 is 2.58 bits per heavy atom. The van der Waals surface area contributed by atoms with Gasteiger partial charge in [0.05, 0.1) is 4.92 Å². The van der Waals surface area contributed by atoms with Gasteiger partial charge in [-0.1, -0.05) is 28.9 Å². The predicted octanol–water partition coefficient (Wildman–Crippen LogP) is 2.99. The van der Waals surface area contributed by atoms with Crippen LogP contribution in [0.5, 0.6) is 5.75 Å². The van der Waals surface area contributed by atoms with Crippen LogP contribution in [0.1, 0.15) is 11.1 Å². The molecule has 0 unspecified atom stereocenters. The van der Waals surface area contributed by atoms with E-state index in [1.165, 1.54) is 12.1 Å². The summed E-state index contributed by atoms with van der Waals surface area (Å²) in [5, 5.41) is 14.7. The molecule has 0 amide bonds. The molecule has 2 aromatic rings. The van der Waals surface area contributed by atoms with Crippen molar-refractivity contribution >= 4 is 29.1 Å². The average molecular weight is 378 g/mol. The molecule has 2 aromatic carbocycles.